The van der Waals surface area contributed by atoms with Gasteiger partial charge in [-0.25, -0.2) is 28.0 Å². The predicted molar refractivity (Wildman–Crippen MR) is 175 cm³/mol. The summed E-state index contributed by atoms with van der Waals surface area (Å²) < 4.78 is 60.5. The molecule has 50 heavy (non-hydrogen) atoms. The maximum absolute atomic E-state index is 14.8. The molecule has 12 heteroatoms. The van der Waals surface area contributed by atoms with E-state index in [-0.39, 0.29) is 51.2 Å². The summed E-state index contributed by atoms with van der Waals surface area (Å²) in [4.78, 5) is 48.6. The highest BCUT2D eigenvalue weighted by Crippen LogP contribution is 2.47. The second-order valence-corrected chi connectivity index (χ2v) is 11.2. The molecule has 0 radical (unpaired) electrons. The van der Waals surface area contributed by atoms with Crippen LogP contribution in [0.15, 0.2) is 97.1 Å². The van der Waals surface area contributed by atoms with Gasteiger partial charge in [0, 0.05) is 29.2 Å². The summed E-state index contributed by atoms with van der Waals surface area (Å²) in [6, 6.07) is 17.1. The number of esters is 4. The topological polar surface area (TPSA) is 124 Å². The van der Waals surface area contributed by atoms with Gasteiger partial charge in [-0.05, 0) is 84.6 Å². The first-order valence-corrected chi connectivity index (χ1v) is 15.0. The first-order valence-electron chi connectivity index (χ1n) is 15.0. The van der Waals surface area contributed by atoms with Crippen LogP contribution in [0.1, 0.15) is 58.5 Å². The quantitative estimate of drug-likeness (QED) is 0.0644. The number of ether oxygens (including phenoxy) is 6. The van der Waals surface area contributed by atoms with Crippen molar-refractivity contribution in [2.24, 2.45) is 0 Å². The van der Waals surface area contributed by atoms with Crippen molar-refractivity contribution in [1.82, 2.24) is 0 Å². The number of halogens is 2. The summed E-state index contributed by atoms with van der Waals surface area (Å²) in [5.74, 6) is -4.74. The summed E-state index contributed by atoms with van der Waals surface area (Å²) in [7, 11) is 0. The van der Waals surface area contributed by atoms with Crippen LogP contribution in [0.4, 0.5) is 8.78 Å². The molecular weight excluding hydrogens is 654 g/mol. The maximum atomic E-state index is 14.8. The van der Waals surface area contributed by atoms with Crippen LogP contribution in [0.3, 0.4) is 0 Å². The van der Waals surface area contributed by atoms with Crippen molar-refractivity contribution in [1.29, 1.82) is 0 Å². The van der Waals surface area contributed by atoms with Gasteiger partial charge in [-0.1, -0.05) is 32.2 Å². The second kappa shape index (κ2) is 14.9. The van der Waals surface area contributed by atoms with Crippen LogP contribution >= 0.6 is 0 Å². The zero-order chi connectivity index (χ0) is 36.1. The van der Waals surface area contributed by atoms with Gasteiger partial charge in [-0.2, -0.15) is 0 Å². The molecule has 4 aromatic carbocycles. The molecule has 10 nitrogen and oxygen atoms in total. The Bertz CT molecular complexity index is 1910. The molecule has 0 bridgehead atoms. The van der Waals surface area contributed by atoms with Crippen LogP contribution in [0.5, 0.6) is 23.0 Å². The van der Waals surface area contributed by atoms with E-state index in [1.165, 1.54) is 38.1 Å². The van der Waals surface area contributed by atoms with E-state index in [9.17, 15) is 28.0 Å². The average Bonchev–Trinajstić information content (AvgIpc) is 3.34. The van der Waals surface area contributed by atoms with Crippen LogP contribution < -0.4 is 18.9 Å². The van der Waals surface area contributed by atoms with Crippen molar-refractivity contribution in [3.63, 3.8) is 0 Å². The van der Waals surface area contributed by atoms with Crippen molar-refractivity contribution in [2.75, 3.05) is 13.6 Å². The lowest BCUT2D eigenvalue weighted by Gasteiger charge is -2.11. The third kappa shape index (κ3) is 7.87. The lowest BCUT2D eigenvalue weighted by atomic mass is 9.99. The Labute approximate surface area is 285 Å². The molecule has 0 heterocycles. The lowest BCUT2D eigenvalue weighted by Crippen LogP contribution is -2.13. The number of benzene rings is 4. The molecule has 0 aromatic heterocycles. The Hall–Kier alpha value is -6.30. The van der Waals surface area contributed by atoms with E-state index in [0.29, 0.717) is 0 Å². The molecule has 0 atom stereocenters. The van der Waals surface area contributed by atoms with Gasteiger partial charge in [0.05, 0.1) is 11.1 Å². The minimum Gasteiger partial charge on any atom is -0.457 e. The van der Waals surface area contributed by atoms with Crippen molar-refractivity contribution in [3.05, 3.63) is 131 Å². The van der Waals surface area contributed by atoms with E-state index < -0.39 is 49.1 Å². The standard InChI is InChI=1S/C38H30F2O10/c1-20(2)35(41)47-18-45-23-6-12-29(33(39)16-23)37(43)49-25-8-10-27-28-11-9-26(15-32(28)22(5)31(27)14-25)50-38(44)30-13-7-24(17-34(30)40)46-19-48-36(42)21(3)4/h6-17,22H,1,3,18-19H2,2,4-5H3. The molecular formula is C38H30F2O10. The molecule has 1 aliphatic rings. The fourth-order valence-corrected chi connectivity index (χ4v) is 4.96. The first kappa shape index (κ1) is 35.0. The van der Waals surface area contributed by atoms with Crippen LogP contribution in [0.25, 0.3) is 11.1 Å². The molecule has 0 fully saturated rings. The summed E-state index contributed by atoms with van der Waals surface area (Å²) >= 11 is 0. The van der Waals surface area contributed by atoms with Gasteiger partial charge < -0.3 is 28.4 Å². The molecule has 1 aliphatic carbocycles. The van der Waals surface area contributed by atoms with E-state index in [2.05, 4.69) is 13.2 Å². The molecule has 0 saturated carbocycles. The minimum atomic E-state index is -0.932. The van der Waals surface area contributed by atoms with E-state index in [1.807, 2.05) is 6.92 Å². The van der Waals surface area contributed by atoms with Crippen LogP contribution in [-0.4, -0.2) is 37.5 Å². The van der Waals surface area contributed by atoms with Gasteiger partial charge in [-0.15, -0.1) is 0 Å². The molecule has 0 saturated heterocycles. The summed E-state index contributed by atoms with van der Waals surface area (Å²) in [5, 5.41) is 0. The monoisotopic (exact) mass is 684 g/mol. The number of hydrogen-bond acceptors (Lipinski definition) is 10. The number of fused-ring (bicyclic) bond motifs is 3. The zero-order valence-electron chi connectivity index (χ0n) is 27.2. The van der Waals surface area contributed by atoms with E-state index >= 15 is 0 Å². The highest BCUT2D eigenvalue weighted by molar-refractivity contribution is 5.93. The van der Waals surface area contributed by atoms with E-state index in [0.717, 1.165) is 34.4 Å². The second-order valence-electron chi connectivity index (χ2n) is 11.2. The number of carbonyl (C=O) groups excluding carboxylic acids is 4. The Morgan fingerprint density at radius 3 is 1.34 bits per heavy atom. The van der Waals surface area contributed by atoms with Gasteiger partial charge in [0.15, 0.2) is 0 Å². The SMILES string of the molecule is C=C(C)C(=O)OCOc1ccc(C(=O)Oc2ccc3c(c2)C(C)c2cc(OC(=O)c4ccc(OCOC(=O)C(=C)C)cc4F)ccc2-3)c(F)c1. The van der Waals surface area contributed by atoms with E-state index in [4.69, 9.17) is 28.4 Å². The zero-order valence-corrected chi connectivity index (χ0v) is 27.2. The number of carbonyl (C=O) groups is 4. The third-order valence-corrected chi connectivity index (χ3v) is 7.54. The van der Waals surface area contributed by atoms with Gasteiger partial charge in [0.1, 0.15) is 34.6 Å². The fourth-order valence-electron chi connectivity index (χ4n) is 4.96. The van der Waals surface area contributed by atoms with Crippen molar-refractivity contribution < 1.29 is 56.4 Å². The summed E-state index contributed by atoms with van der Waals surface area (Å²) in [6.07, 6.45) is 0. The van der Waals surface area contributed by atoms with E-state index in [1.54, 1.807) is 36.4 Å². The Morgan fingerprint density at radius 1 is 0.600 bits per heavy atom. The highest BCUT2D eigenvalue weighted by atomic mass is 19.1. The van der Waals surface area contributed by atoms with Crippen molar-refractivity contribution in [3.8, 4) is 34.1 Å². The van der Waals surface area contributed by atoms with Crippen LogP contribution in [0, 0.1) is 11.6 Å². The summed E-state index contributed by atoms with van der Waals surface area (Å²) in [6.45, 7) is 10.8. The van der Waals surface area contributed by atoms with Gasteiger partial charge in [0.2, 0.25) is 13.6 Å². The molecule has 0 N–H and O–H groups in total. The third-order valence-electron chi connectivity index (χ3n) is 7.54. The Morgan fingerprint density at radius 2 is 0.980 bits per heavy atom. The molecule has 4 aromatic rings. The molecule has 256 valence electrons. The largest absolute Gasteiger partial charge is 0.457 e. The van der Waals surface area contributed by atoms with Crippen LogP contribution in [0.2, 0.25) is 0 Å². The average molecular weight is 685 g/mol. The first-order chi connectivity index (χ1) is 23.8. The Kier molecular flexibility index (Phi) is 10.4. The molecule has 0 unspecified atom stereocenters. The molecule has 0 amide bonds. The smallest absolute Gasteiger partial charge is 0.346 e. The predicted octanol–water partition coefficient (Wildman–Crippen LogP) is 7.45. The lowest BCUT2D eigenvalue weighted by molar-refractivity contribution is -0.146. The van der Waals surface area contributed by atoms with Crippen molar-refractivity contribution >= 4 is 23.9 Å². The summed E-state index contributed by atoms with van der Waals surface area (Å²) in [5.41, 5.74) is 3.06. The normalized spacial score (nSPS) is 11.5. The minimum absolute atomic E-state index is 0.0381. The number of hydrogen-bond donors (Lipinski definition) is 0. The highest BCUT2D eigenvalue weighted by Gasteiger charge is 2.28. The van der Waals surface area contributed by atoms with Crippen molar-refractivity contribution in [2.45, 2.75) is 26.7 Å². The van der Waals surface area contributed by atoms with Gasteiger partial charge >= 0.3 is 23.9 Å². The maximum Gasteiger partial charge on any atom is 0.346 e. The molecule has 5 rings (SSSR count). The molecule has 0 spiro atoms. The van der Waals surface area contributed by atoms with Gasteiger partial charge in [0.25, 0.3) is 0 Å². The molecule has 0 aliphatic heterocycles. The number of rotatable bonds is 12. The Balaban J connectivity index is 1.21. The van der Waals surface area contributed by atoms with Gasteiger partial charge in [-0.3, -0.25) is 0 Å². The fraction of sp³-hybridized carbons (Fsp3) is 0.158. The van der Waals surface area contributed by atoms with Crippen LogP contribution in [-0.2, 0) is 19.1 Å².